The molecule has 0 saturated heterocycles. The zero-order valence-electron chi connectivity index (χ0n) is 12.7. The number of benzene rings is 2. The van der Waals surface area contributed by atoms with Gasteiger partial charge in [0.05, 0.1) is 5.56 Å². The van der Waals surface area contributed by atoms with Crippen molar-refractivity contribution in [1.82, 2.24) is 5.32 Å². The zero-order valence-corrected chi connectivity index (χ0v) is 12.7. The Hall–Kier alpha value is -2.82. The van der Waals surface area contributed by atoms with E-state index in [0.29, 0.717) is 23.5 Å². The molecule has 1 N–H and O–H groups in total. The Morgan fingerprint density at radius 3 is 2.65 bits per heavy atom. The summed E-state index contributed by atoms with van der Waals surface area (Å²) in [5.74, 6) is 0.612. The molecule has 118 valence electrons. The van der Waals surface area contributed by atoms with Crippen molar-refractivity contribution in [3.8, 4) is 11.5 Å². The number of hydrogen-bond acceptors (Lipinski definition) is 4. The number of amides is 1. The maximum atomic E-state index is 12.1. The lowest BCUT2D eigenvalue weighted by atomic mass is 10.1. The first-order valence-electron chi connectivity index (χ1n) is 7.54. The van der Waals surface area contributed by atoms with E-state index in [2.05, 4.69) is 5.32 Å². The summed E-state index contributed by atoms with van der Waals surface area (Å²) in [4.78, 5) is 23.6. The quantitative estimate of drug-likeness (QED) is 0.695. The van der Waals surface area contributed by atoms with Crippen LogP contribution in [0.5, 0.6) is 11.5 Å². The van der Waals surface area contributed by atoms with Gasteiger partial charge in [-0.25, -0.2) is 0 Å². The average Bonchev–Trinajstić information content (AvgIpc) is 2.56. The van der Waals surface area contributed by atoms with Gasteiger partial charge >= 0.3 is 5.97 Å². The van der Waals surface area contributed by atoms with Gasteiger partial charge in [0.2, 0.25) is 0 Å². The maximum absolute atomic E-state index is 12.1. The van der Waals surface area contributed by atoms with Crippen molar-refractivity contribution in [1.29, 1.82) is 0 Å². The third kappa shape index (κ3) is 3.34. The van der Waals surface area contributed by atoms with Crippen molar-refractivity contribution in [3.63, 3.8) is 0 Å². The molecule has 0 saturated carbocycles. The summed E-state index contributed by atoms with van der Waals surface area (Å²) in [5, 5.41) is 2.80. The third-order valence-corrected chi connectivity index (χ3v) is 3.51. The van der Waals surface area contributed by atoms with Crippen LogP contribution in [-0.4, -0.2) is 11.9 Å². The van der Waals surface area contributed by atoms with Crippen LogP contribution in [0.15, 0.2) is 48.5 Å². The molecule has 23 heavy (non-hydrogen) atoms. The molecule has 1 aliphatic heterocycles. The van der Waals surface area contributed by atoms with Gasteiger partial charge in [-0.15, -0.1) is 0 Å². The summed E-state index contributed by atoms with van der Waals surface area (Å²) in [6.45, 7) is 1.92. The SMILES string of the molecule is CCCC(=O)Oc1ccc([C@@H]2NC(=O)c3ccccc3O2)cc1. The topological polar surface area (TPSA) is 64.6 Å². The standard InChI is InChI=1S/C18H17NO4/c1-2-5-16(20)22-13-10-8-12(9-11-13)18-19-17(21)14-6-3-4-7-15(14)23-18/h3-4,6-11,18H,2,5H2,1H3,(H,19,21)/t18-/m1/s1. The largest absolute Gasteiger partial charge is 0.466 e. The van der Waals surface area contributed by atoms with Crippen molar-refractivity contribution in [2.24, 2.45) is 0 Å². The highest BCUT2D eigenvalue weighted by Gasteiger charge is 2.26. The molecule has 1 heterocycles. The van der Waals surface area contributed by atoms with Crippen LogP contribution in [0, 0.1) is 0 Å². The van der Waals surface area contributed by atoms with E-state index in [4.69, 9.17) is 9.47 Å². The minimum Gasteiger partial charge on any atom is -0.466 e. The number of ether oxygens (including phenoxy) is 2. The van der Waals surface area contributed by atoms with Gasteiger partial charge in [0, 0.05) is 12.0 Å². The number of fused-ring (bicyclic) bond motifs is 1. The molecule has 0 unspecified atom stereocenters. The fourth-order valence-corrected chi connectivity index (χ4v) is 2.36. The van der Waals surface area contributed by atoms with E-state index in [1.54, 1.807) is 42.5 Å². The fourth-order valence-electron chi connectivity index (χ4n) is 2.36. The second kappa shape index (κ2) is 6.52. The minimum atomic E-state index is -0.558. The highest BCUT2D eigenvalue weighted by Crippen LogP contribution is 2.29. The van der Waals surface area contributed by atoms with E-state index in [1.807, 2.05) is 13.0 Å². The monoisotopic (exact) mass is 311 g/mol. The lowest BCUT2D eigenvalue weighted by molar-refractivity contribution is -0.134. The number of rotatable bonds is 4. The summed E-state index contributed by atoms with van der Waals surface area (Å²) in [6.07, 6.45) is 0.580. The van der Waals surface area contributed by atoms with Crippen molar-refractivity contribution >= 4 is 11.9 Å². The fraction of sp³-hybridized carbons (Fsp3) is 0.222. The lowest BCUT2D eigenvalue weighted by Gasteiger charge is -2.27. The predicted octanol–water partition coefficient (Wildman–Crippen LogP) is 3.21. The molecule has 2 aromatic rings. The van der Waals surface area contributed by atoms with Crippen molar-refractivity contribution in [3.05, 3.63) is 59.7 Å². The second-order valence-corrected chi connectivity index (χ2v) is 5.26. The van der Waals surface area contributed by atoms with E-state index >= 15 is 0 Å². The summed E-state index contributed by atoms with van der Waals surface area (Å²) < 4.78 is 11.0. The molecule has 0 fully saturated rings. The Morgan fingerprint density at radius 1 is 1.17 bits per heavy atom. The molecule has 3 rings (SSSR count). The van der Waals surface area contributed by atoms with Gasteiger partial charge in [-0.2, -0.15) is 0 Å². The first-order valence-corrected chi connectivity index (χ1v) is 7.54. The highest BCUT2D eigenvalue weighted by molar-refractivity contribution is 5.97. The Bertz CT molecular complexity index is 724. The van der Waals surface area contributed by atoms with Gasteiger partial charge < -0.3 is 14.8 Å². The molecule has 0 aromatic heterocycles. The molecule has 0 aliphatic carbocycles. The van der Waals surface area contributed by atoms with Gasteiger partial charge in [-0.1, -0.05) is 19.1 Å². The molecule has 0 radical (unpaired) electrons. The Balaban J connectivity index is 1.73. The van der Waals surface area contributed by atoms with E-state index in [1.165, 1.54) is 0 Å². The van der Waals surface area contributed by atoms with Crippen LogP contribution >= 0.6 is 0 Å². The maximum Gasteiger partial charge on any atom is 0.311 e. The first-order chi connectivity index (χ1) is 11.2. The van der Waals surface area contributed by atoms with E-state index in [0.717, 1.165) is 12.0 Å². The summed E-state index contributed by atoms with van der Waals surface area (Å²) >= 11 is 0. The van der Waals surface area contributed by atoms with Crippen LogP contribution in [0.4, 0.5) is 0 Å². The number of esters is 1. The molecule has 5 nitrogen and oxygen atoms in total. The van der Waals surface area contributed by atoms with Crippen LogP contribution in [0.2, 0.25) is 0 Å². The highest BCUT2D eigenvalue weighted by atomic mass is 16.5. The van der Waals surface area contributed by atoms with E-state index < -0.39 is 6.23 Å². The number of nitrogens with one attached hydrogen (secondary N) is 1. The van der Waals surface area contributed by atoms with Gasteiger partial charge in [-0.3, -0.25) is 9.59 Å². The normalized spacial score (nSPS) is 16.0. The van der Waals surface area contributed by atoms with E-state index in [9.17, 15) is 9.59 Å². The molecule has 1 aliphatic rings. The van der Waals surface area contributed by atoms with Gasteiger partial charge in [0.15, 0.2) is 6.23 Å². The number of carbonyl (C=O) groups excluding carboxylic acids is 2. The van der Waals surface area contributed by atoms with E-state index in [-0.39, 0.29) is 11.9 Å². The molecule has 5 heteroatoms. The molecule has 1 amide bonds. The Kier molecular flexibility index (Phi) is 4.28. The lowest BCUT2D eigenvalue weighted by Crippen LogP contribution is -2.36. The molecular weight excluding hydrogens is 294 g/mol. The zero-order chi connectivity index (χ0) is 16.2. The summed E-state index contributed by atoms with van der Waals surface area (Å²) in [6, 6.07) is 14.0. The van der Waals surface area contributed by atoms with Gasteiger partial charge in [0.25, 0.3) is 5.91 Å². The van der Waals surface area contributed by atoms with Crippen LogP contribution in [-0.2, 0) is 4.79 Å². The number of carbonyl (C=O) groups is 2. The molecule has 1 atom stereocenters. The number of para-hydroxylation sites is 1. The predicted molar refractivity (Wildman–Crippen MR) is 84.3 cm³/mol. The van der Waals surface area contributed by atoms with Crippen LogP contribution < -0.4 is 14.8 Å². The Morgan fingerprint density at radius 2 is 1.91 bits per heavy atom. The van der Waals surface area contributed by atoms with Crippen LogP contribution in [0.25, 0.3) is 0 Å². The van der Waals surface area contributed by atoms with Gasteiger partial charge in [0.1, 0.15) is 11.5 Å². The first kappa shape index (κ1) is 15.1. The average molecular weight is 311 g/mol. The van der Waals surface area contributed by atoms with Crippen LogP contribution in [0.3, 0.4) is 0 Å². The van der Waals surface area contributed by atoms with Crippen molar-refractivity contribution < 1.29 is 19.1 Å². The summed E-state index contributed by atoms with van der Waals surface area (Å²) in [7, 11) is 0. The van der Waals surface area contributed by atoms with Crippen LogP contribution in [0.1, 0.15) is 41.9 Å². The molecule has 2 aromatic carbocycles. The minimum absolute atomic E-state index is 0.171. The molecule has 0 bridgehead atoms. The smallest absolute Gasteiger partial charge is 0.311 e. The third-order valence-electron chi connectivity index (χ3n) is 3.51. The number of hydrogen-bond donors (Lipinski definition) is 1. The van der Waals surface area contributed by atoms with Crippen molar-refractivity contribution in [2.75, 3.05) is 0 Å². The molecule has 0 spiro atoms. The Labute approximate surface area is 134 Å². The van der Waals surface area contributed by atoms with Crippen molar-refractivity contribution in [2.45, 2.75) is 26.0 Å². The second-order valence-electron chi connectivity index (χ2n) is 5.26. The van der Waals surface area contributed by atoms with Gasteiger partial charge in [-0.05, 0) is 42.8 Å². The molecular formula is C18H17NO4. The summed E-state index contributed by atoms with van der Waals surface area (Å²) in [5.41, 5.74) is 1.30.